The highest BCUT2D eigenvalue weighted by atomic mass is 32.2. The number of hydrogen-bond acceptors (Lipinski definition) is 4. The van der Waals surface area contributed by atoms with Gasteiger partial charge in [-0.25, -0.2) is 4.98 Å². The number of aryl methyl sites for hydroxylation is 1. The Balaban J connectivity index is 0.000000225. The summed E-state index contributed by atoms with van der Waals surface area (Å²) in [5.74, 6) is 0.820. The molecule has 0 unspecified atom stereocenters. The topological polar surface area (TPSA) is 103 Å². The van der Waals surface area contributed by atoms with Crippen LogP contribution in [0.1, 0.15) is 11.4 Å². The summed E-state index contributed by atoms with van der Waals surface area (Å²) in [5.41, 5.74) is 0.153. The van der Waals surface area contributed by atoms with Crippen LogP contribution in [-0.2, 0) is 10.1 Å². The predicted octanol–water partition coefficient (Wildman–Crippen LogP) is 1.67. The lowest BCUT2D eigenvalue weighted by Gasteiger charge is -2.02. The summed E-state index contributed by atoms with van der Waals surface area (Å²) in [6.45, 7) is 3.33. The van der Waals surface area contributed by atoms with Gasteiger partial charge in [-0.2, -0.15) is 8.42 Å². The molecular formula is C11H14N2O4S. The maximum absolute atomic E-state index is 10.7. The Morgan fingerprint density at radius 2 is 1.94 bits per heavy atom. The standard InChI is InChI=1S/C7H8O4S.C4H6N2/c1-5-6(8)3-2-4-7(5)12(9,10)11;1-4-5-2-3-6-4/h2-4,8H,1H3,(H,9,10,11);2-3H,1H3,(H,5,6). The number of phenols is 1. The summed E-state index contributed by atoms with van der Waals surface area (Å²) in [6, 6.07) is 3.93. The minimum atomic E-state index is -4.22. The molecule has 0 aliphatic rings. The molecule has 2 rings (SSSR count). The van der Waals surface area contributed by atoms with Crippen LogP contribution in [0.2, 0.25) is 0 Å². The summed E-state index contributed by atoms with van der Waals surface area (Å²) in [5, 5.41) is 9.09. The van der Waals surface area contributed by atoms with Gasteiger partial charge in [0, 0.05) is 18.0 Å². The van der Waals surface area contributed by atoms with Crippen LogP contribution in [0.5, 0.6) is 5.75 Å². The average Bonchev–Trinajstić information content (AvgIpc) is 2.72. The van der Waals surface area contributed by atoms with Crippen LogP contribution in [0, 0.1) is 13.8 Å². The van der Waals surface area contributed by atoms with Crippen LogP contribution in [0.15, 0.2) is 35.5 Å². The summed E-state index contributed by atoms with van der Waals surface area (Å²) < 4.78 is 30.0. The van der Waals surface area contributed by atoms with Crippen molar-refractivity contribution in [3.05, 3.63) is 42.0 Å². The van der Waals surface area contributed by atoms with Gasteiger partial charge in [0.05, 0.1) is 0 Å². The second kappa shape index (κ2) is 5.65. The highest BCUT2D eigenvalue weighted by Gasteiger charge is 2.14. The first-order chi connectivity index (χ1) is 8.32. The fourth-order valence-electron chi connectivity index (χ4n) is 1.23. The molecule has 7 heteroatoms. The van der Waals surface area contributed by atoms with E-state index in [4.69, 9.17) is 9.66 Å². The molecule has 0 amide bonds. The quantitative estimate of drug-likeness (QED) is 0.684. The van der Waals surface area contributed by atoms with E-state index in [2.05, 4.69) is 9.97 Å². The minimum Gasteiger partial charge on any atom is -0.508 e. The van der Waals surface area contributed by atoms with Gasteiger partial charge in [0.25, 0.3) is 10.1 Å². The first kappa shape index (κ1) is 14.2. The fourth-order valence-corrected chi connectivity index (χ4v) is 1.97. The van der Waals surface area contributed by atoms with E-state index in [-0.39, 0.29) is 16.2 Å². The molecular weight excluding hydrogens is 256 g/mol. The number of imidazole rings is 1. The predicted molar refractivity (Wildman–Crippen MR) is 66.0 cm³/mol. The Hall–Kier alpha value is -1.86. The Bertz CT molecular complexity index is 606. The van der Waals surface area contributed by atoms with Crippen molar-refractivity contribution in [1.82, 2.24) is 9.97 Å². The van der Waals surface area contributed by atoms with Gasteiger partial charge < -0.3 is 10.1 Å². The maximum Gasteiger partial charge on any atom is 0.294 e. The van der Waals surface area contributed by atoms with Gasteiger partial charge in [0.1, 0.15) is 16.5 Å². The molecule has 6 nitrogen and oxygen atoms in total. The van der Waals surface area contributed by atoms with Crippen molar-refractivity contribution in [1.29, 1.82) is 0 Å². The van der Waals surface area contributed by atoms with E-state index in [0.29, 0.717) is 0 Å². The Labute approximate surface area is 105 Å². The molecule has 0 saturated heterocycles. The third kappa shape index (κ3) is 3.86. The molecule has 1 aromatic carbocycles. The number of phenolic OH excluding ortho intramolecular Hbond substituents is 1. The number of rotatable bonds is 1. The zero-order valence-electron chi connectivity index (χ0n) is 9.95. The van der Waals surface area contributed by atoms with Crippen LogP contribution in [0.3, 0.4) is 0 Å². The van der Waals surface area contributed by atoms with E-state index in [9.17, 15) is 8.42 Å². The molecule has 0 radical (unpaired) electrons. The Kier molecular flexibility index (Phi) is 4.46. The van der Waals surface area contributed by atoms with E-state index in [1.54, 1.807) is 12.4 Å². The van der Waals surface area contributed by atoms with Crippen molar-refractivity contribution < 1.29 is 18.1 Å². The smallest absolute Gasteiger partial charge is 0.294 e. The molecule has 2 aromatic rings. The van der Waals surface area contributed by atoms with Crippen molar-refractivity contribution >= 4 is 10.1 Å². The van der Waals surface area contributed by atoms with Crippen molar-refractivity contribution in [2.75, 3.05) is 0 Å². The minimum absolute atomic E-state index is 0.148. The van der Waals surface area contributed by atoms with E-state index in [0.717, 1.165) is 5.82 Å². The monoisotopic (exact) mass is 270 g/mol. The second-order valence-electron chi connectivity index (χ2n) is 3.55. The zero-order valence-corrected chi connectivity index (χ0v) is 10.8. The highest BCUT2D eigenvalue weighted by Crippen LogP contribution is 2.22. The lowest BCUT2D eigenvalue weighted by atomic mass is 10.2. The summed E-state index contributed by atoms with van der Waals surface area (Å²) in [4.78, 5) is 6.49. The largest absolute Gasteiger partial charge is 0.508 e. The van der Waals surface area contributed by atoms with Gasteiger partial charge in [-0.3, -0.25) is 4.55 Å². The maximum atomic E-state index is 10.7. The summed E-state index contributed by atoms with van der Waals surface area (Å²) in [6.07, 6.45) is 3.53. The van der Waals surface area contributed by atoms with E-state index >= 15 is 0 Å². The number of nitrogens with zero attached hydrogens (tertiary/aromatic N) is 1. The molecule has 98 valence electrons. The Morgan fingerprint density at radius 1 is 1.28 bits per heavy atom. The average molecular weight is 270 g/mol. The number of aromatic amines is 1. The van der Waals surface area contributed by atoms with Crippen molar-refractivity contribution in [3.63, 3.8) is 0 Å². The van der Waals surface area contributed by atoms with Crippen molar-refractivity contribution in [2.45, 2.75) is 18.7 Å². The Morgan fingerprint density at radius 3 is 2.28 bits per heavy atom. The SMILES string of the molecule is Cc1c(O)cccc1S(=O)(=O)O.Cc1ncc[nH]1. The zero-order chi connectivity index (χ0) is 13.8. The molecule has 0 saturated carbocycles. The van der Waals surface area contributed by atoms with Crippen molar-refractivity contribution in [3.8, 4) is 5.75 Å². The van der Waals surface area contributed by atoms with Gasteiger partial charge in [-0.15, -0.1) is 0 Å². The first-order valence-electron chi connectivity index (χ1n) is 5.04. The summed E-state index contributed by atoms with van der Waals surface area (Å²) >= 11 is 0. The molecule has 0 fully saturated rings. The van der Waals surface area contributed by atoms with Crippen LogP contribution in [-0.4, -0.2) is 28.0 Å². The van der Waals surface area contributed by atoms with E-state index < -0.39 is 10.1 Å². The number of aromatic hydroxyl groups is 1. The molecule has 1 heterocycles. The van der Waals surface area contributed by atoms with Gasteiger partial charge in [0.2, 0.25) is 0 Å². The van der Waals surface area contributed by atoms with Gasteiger partial charge >= 0.3 is 0 Å². The summed E-state index contributed by atoms with van der Waals surface area (Å²) in [7, 11) is -4.22. The van der Waals surface area contributed by atoms with Gasteiger partial charge in [0.15, 0.2) is 0 Å². The molecule has 0 atom stereocenters. The molecule has 3 N–H and O–H groups in total. The second-order valence-corrected chi connectivity index (χ2v) is 4.94. The lowest BCUT2D eigenvalue weighted by Crippen LogP contribution is -2.00. The van der Waals surface area contributed by atoms with Gasteiger partial charge in [-0.1, -0.05) is 6.07 Å². The fraction of sp³-hybridized carbons (Fsp3) is 0.182. The van der Waals surface area contributed by atoms with Gasteiger partial charge in [-0.05, 0) is 26.0 Å². The van der Waals surface area contributed by atoms with E-state index in [1.807, 2.05) is 6.92 Å². The van der Waals surface area contributed by atoms with Crippen LogP contribution in [0.25, 0.3) is 0 Å². The highest BCUT2D eigenvalue weighted by molar-refractivity contribution is 7.85. The third-order valence-corrected chi connectivity index (χ3v) is 3.17. The van der Waals surface area contributed by atoms with E-state index in [1.165, 1.54) is 25.1 Å². The molecule has 0 aliphatic heterocycles. The number of nitrogens with one attached hydrogen (secondary N) is 1. The normalized spacial score (nSPS) is 10.6. The number of aromatic nitrogens is 2. The molecule has 0 bridgehead atoms. The molecule has 1 aromatic heterocycles. The number of benzene rings is 1. The lowest BCUT2D eigenvalue weighted by molar-refractivity contribution is 0.461. The van der Waals surface area contributed by atoms with Crippen LogP contribution in [0.4, 0.5) is 0 Å². The van der Waals surface area contributed by atoms with Crippen molar-refractivity contribution in [2.24, 2.45) is 0 Å². The number of hydrogen-bond donors (Lipinski definition) is 3. The molecule has 0 aliphatic carbocycles. The number of H-pyrrole nitrogens is 1. The first-order valence-corrected chi connectivity index (χ1v) is 6.48. The third-order valence-electron chi connectivity index (χ3n) is 2.17. The molecule has 18 heavy (non-hydrogen) atoms. The molecule has 0 spiro atoms. The van der Waals surface area contributed by atoms with Crippen LogP contribution >= 0.6 is 0 Å². The van der Waals surface area contributed by atoms with Crippen LogP contribution < -0.4 is 0 Å².